The first-order valence-corrected chi connectivity index (χ1v) is 5.18. The van der Waals surface area contributed by atoms with Crippen molar-refractivity contribution >= 4 is 12.0 Å². The average molecular weight is 240 g/mol. The van der Waals surface area contributed by atoms with Gasteiger partial charge in [-0.3, -0.25) is 4.79 Å². The van der Waals surface area contributed by atoms with E-state index in [0.717, 1.165) is 4.90 Å². The molecule has 0 saturated carbocycles. The molecule has 94 valence electrons. The van der Waals surface area contributed by atoms with Crippen LogP contribution in [0.2, 0.25) is 0 Å². The van der Waals surface area contributed by atoms with Crippen molar-refractivity contribution in [2.75, 3.05) is 13.6 Å². The topological polar surface area (TPSA) is 87.5 Å². The minimum absolute atomic E-state index is 0.104. The van der Waals surface area contributed by atoms with E-state index in [9.17, 15) is 9.59 Å². The highest BCUT2D eigenvalue weighted by Gasteiger charge is 2.14. The zero-order valence-corrected chi connectivity index (χ0v) is 9.83. The van der Waals surface area contributed by atoms with Crippen LogP contribution in [0.1, 0.15) is 6.92 Å². The predicted molar refractivity (Wildman–Crippen MR) is 60.5 cm³/mol. The normalized spacial score (nSPS) is 11.9. The van der Waals surface area contributed by atoms with Crippen molar-refractivity contribution in [3.05, 3.63) is 18.7 Å². The van der Waals surface area contributed by atoms with Gasteiger partial charge in [0.25, 0.3) is 0 Å². The molecule has 2 N–H and O–H groups in total. The van der Waals surface area contributed by atoms with Crippen LogP contribution in [-0.2, 0) is 11.3 Å². The van der Waals surface area contributed by atoms with Gasteiger partial charge in [0, 0.05) is 32.0 Å². The van der Waals surface area contributed by atoms with Gasteiger partial charge in [0.05, 0.1) is 6.33 Å². The number of carboxylic acid groups (broad SMARTS) is 1. The Balaban J connectivity index is 2.37. The van der Waals surface area contributed by atoms with Crippen LogP contribution in [0.5, 0.6) is 0 Å². The molecule has 1 atom stereocenters. The second-order valence-electron chi connectivity index (χ2n) is 3.86. The van der Waals surface area contributed by atoms with Crippen molar-refractivity contribution in [3.8, 4) is 0 Å². The number of hydrogen-bond acceptors (Lipinski definition) is 3. The molecule has 0 aromatic carbocycles. The molecular formula is C10H16N4O3. The Bertz CT molecular complexity index is 377. The Labute approximate surface area is 99.1 Å². The fourth-order valence-corrected chi connectivity index (χ4v) is 1.35. The molecule has 17 heavy (non-hydrogen) atoms. The molecule has 1 aromatic heterocycles. The SMILES string of the molecule is CC(Cn1ccnc1)NC(=O)N(C)CC(=O)O. The summed E-state index contributed by atoms with van der Waals surface area (Å²) in [6.07, 6.45) is 5.11. The third-order valence-electron chi connectivity index (χ3n) is 2.13. The van der Waals surface area contributed by atoms with Gasteiger partial charge in [0.15, 0.2) is 0 Å². The molecule has 0 bridgehead atoms. The molecule has 0 aliphatic heterocycles. The summed E-state index contributed by atoms with van der Waals surface area (Å²) < 4.78 is 1.84. The molecule has 0 saturated heterocycles. The second kappa shape index (κ2) is 5.88. The van der Waals surface area contributed by atoms with Crippen LogP contribution in [0.15, 0.2) is 18.7 Å². The summed E-state index contributed by atoms with van der Waals surface area (Å²) in [5.41, 5.74) is 0. The number of aliphatic carboxylic acids is 1. The predicted octanol–water partition coefficient (Wildman–Crippen LogP) is -0.00240. The minimum atomic E-state index is -1.04. The van der Waals surface area contributed by atoms with Gasteiger partial charge in [0.1, 0.15) is 6.54 Å². The van der Waals surface area contributed by atoms with Gasteiger partial charge in [-0.25, -0.2) is 9.78 Å². The minimum Gasteiger partial charge on any atom is -0.480 e. The first-order chi connectivity index (χ1) is 7.99. The maximum atomic E-state index is 11.5. The Morgan fingerprint density at radius 2 is 2.29 bits per heavy atom. The molecule has 0 radical (unpaired) electrons. The number of carboxylic acids is 1. The Morgan fingerprint density at radius 1 is 1.59 bits per heavy atom. The van der Waals surface area contributed by atoms with Gasteiger partial charge in [0.2, 0.25) is 0 Å². The summed E-state index contributed by atoms with van der Waals surface area (Å²) in [6.45, 7) is 2.11. The van der Waals surface area contributed by atoms with E-state index in [2.05, 4.69) is 10.3 Å². The van der Waals surface area contributed by atoms with Crippen LogP contribution in [0.3, 0.4) is 0 Å². The number of carbonyl (C=O) groups excluding carboxylic acids is 1. The van der Waals surface area contributed by atoms with Crippen molar-refractivity contribution in [2.45, 2.75) is 19.5 Å². The van der Waals surface area contributed by atoms with E-state index in [1.807, 2.05) is 11.5 Å². The highest BCUT2D eigenvalue weighted by molar-refractivity contribution is 5.79. The standard InChI is InChI=1S/C10H16N4O3/c1-8(5-14-4-3-11-7-14)12-10(17)13(2)6-9(15)16/h3-4,7-8H,5-6H2,1-2H3,(H,12,17)(H,15,16). The second-order valence-corrected chi connectivity index (χ2v) is 3.86. The zero-order valence-electron chi connectivity index (χ0n) is 9.83. The molecule has 1 unspecified atom stereocenters. The van der Waals surface area contributed by atoms with Crippen LogP contribution >= 0.6 is 0 Å². The number of hydrogen-bond donors (Lipinski definition) is 2. The number of carbonyl (C=O) groups is 2. The molecule has 1 aromatic rings. The van der Waals surface area contributed by atoms with Crippen LogP contribution in [0, 0.1) is 0 Å². The highest BCUT2D eigenvalue weighted by atomic mass is 16.4. The Morgan fingerprint density at radius 3 is 2.82 bits per heavy atom. The maximum Gasteiger partial charge on any atom is 0.323 e. The van der Waals surface area contributed by atoms with E-state index >= 15 is 0 Å². The van der Waals surface area contributed by atoms with Crippen LogP contribution in [0.4, 0.5) is 4.79 Å². The van der Waals surface area contributed by atoms with Crippen LogP contribution < -0.4 is 5.32 Å². The van der Waals surface area contributed by atoms with Crippen molar-refractivity contribution < 1.29 is 14.7 Å². The van der Waals surface area contributed by atoms with E-state index in [1.165, 1.54) is 7.05 Å². The number of imidazole rings is 1. The molecule has 2 amide bonds. The largest absolute Gasteiger partial charge is 0.480 e. The lowest BCUT2D eigenvalue weighted by Crippen LogP contribution is -2.45. The fourth-order valence-electron chi connectivity index (χ4n) is 1.35. The molecule has 1 heterocycles. The van der Waals surface area contributed by atoms with Gasteiger partial charge in [-0.2, -0.15) is 0 Å². The van der Waals surface area contributed by atoms with Gasteiger partial charge in [-0.15, -0.1) is 0 Å². The van der Waals surface area contributed by atoms with E-state index in [0.29, 0.717) is 6.54 Å². The Hall–Kier alpha value is -2.05. The van der Waals surface area contributed by atoms with E-state index < -0.39 is 12.0 Å². The van der Waals surface area contributed by atoms with Crippen molar-refractivity contribution in [1.82, 2.24) is 19.8 Å². The summed E-state index contributed by atoms with van der Waals surface area (Å²) in [6, 6.07) is -0.507. The Kier molecular flexibility index (Phi) is 4.50. The molecule has 0 spiro atoms. The highest BCUT2D eigenvalue weighted by Crippen LogP contribution is 1.93. The van der Waals surface area contributed by atoms with Gasteiger partial charge in [-0.05, 0) is 6.92 Å². The summed E-state index contributed by atoms with van der Waals surface area (Å²) in [7, 11) is 1.44. The van der Waals surface area contributed by atoms with Crippen molar-refractivity contribution in [3.63, 3.8) is 0 Å². The average Bonchev–Trinajstić information content (AvgIpc) is 2.68. The third kappa shape index (κ3) is 4.54. The summed E-state index contributed by atoms with van der Waals surface area (Å²) in [4.78, 5) is 27.0. The molecule has 0 aliphatic rings. The molecule has 0 fully saturated rings. The number of aromatic nitrogens is 2. The summed E-state index contributed by atoms with van der Waals surface area (Å²) >= 11 is 0. The molecule has 7 heteroatoms. The van der Waals surface area contributed by atoms with E-state index in [4.69, 9.17) is 5.11 Å². The zero-order chi connectivity index (χ0) is 12.8. The third-order valence-corrected chi connectivity index (χ3v) is 2.13. The first-order valence-electron chi connectivity index (χ1n) is 5.18. The fraction of sp³-hybridized carbons (Fsp3) is 0.500. The molecule has 0 aliphatic carbocycles. The summed E-state index contributed by atoms with van der Waals surface area (Å²) in [5.74, 6) is -1.04. The van der Waals surface area contributed by atoms with Crippen molar-refractivity contribution in [1.29, 1.82) is 0 Å². The molecule has 7 nitrogen and oxygen atoms in total. The molecular weight excluding hydrogens is 224 g/mol. The van der Waals surface area contributed by atoms with Crippen LogP contribution in [0.25, 0.3) is 0 Å². The number of amides is 2. The van der Waals surface area contributed by atoms with Gasteiger partial charge in [-0.1, -0.05) is 0 Å². The van der Waals surface area contributed by atoms with Gasteiger partial charge < -0.3 is 19.9 Å². The number of likely N-dealkylation sites (N-methyl/N-ethyl adjacent to an activating group) is 1. The quantitative estimate of drug-likeness (QED) is 0.758. The number of urea groups is 1. The summed E-state index contributed by atoms with van der Waals surface area (Å²) in [5, 5.41) is 11.2. The lowest BCUT2D eigenvalue weighted by atomic mass is 10.3. The van der Waals surface area contributed by atoms with Crippen LogP contribution in [-0.4, -0.2) is 51.2 Å². The van der Waals surface area contributed by atoms with E-state index in [-0.39, 0.29) is 12.6 Å². The maximum absolute atomic E-state index is 11.5. The van der Waals surface area contributed by atoms with E-state index in [1.54, 1.807) is 18.7 Å². The molecule has 1 rings (SSSR count). The number of rotatable bonds is 5. The van der Waals surface area contributed by atoms with Crippen molar-refractivity contribution in [2.24, 2.45) is 0 Å². The van der Waals surface area contributed by atoms with Gasteiger partial charge >= 0.3 is 12.0 Å². The monoisotopic (exact) mass is 240 g/mol. The number of nitrogens with one attached hydrogen (secondary N) is 1. The smallest absolute Gasteiger partial charge is 0.323 e. The lowest BCUT2D eigenvalue weighted by Gasteiger charge is -2.20. The number of nitrogens with zero attached hydrogens (tertiary/aromatic N) is 3. The first kappa shape index (κ1) is 13.0. The lowest BCUT2D eigenvalue weighted by molar-refractivity contribution is -0.137.